The van der Waals surface area contributed by atoms with Crippen molar-refractivity contribution in [1.29, 1.82) is 0 Å². The van der Waals surface area contributed by atoms with Gasteiger partial charge < -0.3 is 14.5 Å². The standard InChI is InChI=1S/C19H28N2O2S/c1-20(2)12-6-3-7-13-23-17-9-5-4-8-16(17)19-21(15-10-11-15)18(22)14-24-19/h4-5,8-9,15,19H,3,6-7,10-14H2,1-2H3. The van der Waals surface area contributed by atoms with Gasteiger partial charge in [0, 0.05) is 11.6 Å². The van der Waals surface area contributed by atoms with Crippen molar-refractivity contribution in [1.82, 2.24) is 9.80 Å². The highest BCUT2D eigenvalue weighted by Gasteiger charge is 2.43. The summed E-state index contributed by atoms with van der Waals surface area (Å²) >= 11 is 1.74. The van der Waals surface area contributed by atoms with E-state index in [9.17, 15) is 4.79 Å². The van der Waals surface area contributed by atoms with Crippen molar-refractivity contribution in [3.8, 4) is 5.75 Å². The number of unbranched alkanes of at least 4 members (excludes halogenated alkanes) is 2. The van der Waals surface area contributed by atoms with Gasteiger partial charge in [-0.2, -0.15) is 0 Å². The van der Waals surface area contributed by atoms with Crippen LogP contribution in [0.15, 0.2) is 24.3 Å². The predicted octanol–water partition coefficient (Wildman–Crippen LogP) is 3.53. The van der Waals surface area contributed by atoms with Gasteiger partial charge in [-0.25, -0.2) is 0 Å². The molecule has 2 fully saturated rings. The van der Waals surface area contributed by atoms with E-state index in [-0.39, 0.29) is 11.3 Å². The van der Waals surface area contributed by atoms with Crippen molar-refractivity contribution in [2.24, 2.45) is 0 Å². The molecule has 1 heterocycles. The van der Waals surface area contributed by atoms with Crippen LogP contribution in [-0.4, -0.2) is 54.7 Å². The number of thioether (sulfide) groups is 1. The summed E-state index contributed by atoms with van der Waals surface area (Å²) in [6.45, 7) is 1.88. The van der Waals surface area contributed by atoms with Gasteiger partial charge in [0.25, 0.3) is 0 Å². The summed E-state index contributed by atoms with van der Waals surface area (Å²) in [5.41, 5.74) is 1.16. The third kappa shape index (κ3) is 4.45. The zero-order chi connectivity index (χ0) is 16.9. The third-order valence-electron chi connectivity index (χ3n) is 4.54. The molecule has 4 nitrogen and oxygen atoms in total. The molecule has 1 saturated heterocycles. The SMILES string of the molecule is CN(C)CCCCCOc1ccccc1C1SCC(=O)N1C1CC1. The normalized spacial score (nSPS) is 20.9. The Morgan fingerprint density at radius 3 is 2.75 bits per heavy atom. The smallest absolute Gasteiger partial charge is 0.234 e. The Labute approximate surface area is 149 Å². The van der Waals surface area contributed by atoms with Gasteiger partial charge in [-0.3, -0.25) is 4.79 Å². The van der Waals surface area contributed by atoms with Gasteiger partial charge in [0.05, 0.1) is 12.4 Å². The molecule has 5 heteroatoms. The molecule has 132 valence electrons. The summed E-state index contributed by atoms with van der Waals surface area (Å²) in [7, 11) is 4.22. The highest BCUT2D eigenvalue weighted by molar-refractivity contribution is 8.00. The van der Waals surface area contributed by atoms with E-state index in [4.69, 9.17) is 4.74 Å². The molecular weight excluding hydrogens is 320 g/mol. The van der Waals surface area contributed by atoms with E-state index in [1.165, 1.54) is 12.8 Å². The van der Waals surface area contributed by atoms with E-state index < -0.39 is 0 Å². The minimum Gasteiger partial charge on any atom is -0.493 e. The molecule has 1 aromatic carbocycles. The molecule has 1 aliphatic heterocycles. The van der Waals surface area contributed by atoms with E-state index in [1.54, 1.807) is 11.8 Å². The van der Waals surface area contributed by atoms with Crippen molar-refractivity contribution in [2.75, 3.05) is 33.0 Å². The lowest BCUT2D eigenvalue weighted by Gasteiger charge is -2.25. The fourth-order valence-electron chi connectivity index (χ4n) is 3.13. The highest BCUT2D eigenvalue weighted by atomic mass is 32.2. The molecule has 1 atom stereocenters. The number of rotatable bonds is 9. The number of carbonyl (C=O) groups excluding carboxylic acids is 1. The summed E-state index contributed by atoms with van der Waals surface area (Å²) in [5.74, 6) is 1.83. The Hall–Kier alpha value is -1.20. The van der Waals surface area contributed by atoms with Gasteiger partial charge in [-0.15, -0.1) is 11.8 Å². The number of para-hydroxylation sites is 1. The summed E-state index contributed by atoms with van der Waals surface area (Å²) < 4.78 is 6.08. The molecule has 2 aliphatic rings. The molecular formula is C19H28N2O2S. The Bertz CT molecular complexity index is 560. The summed E-state index contributed by atoms with van der Waals surface area (Å²) in [6, 6.07) is 8.69. The van der Waals surface area contributed by atoms with Crippen molar-refractivity contribution >= 4 is 17.7 Å². The maximum Gasteiger partial charge on any atom is 0.234 e. The molecule has 1 amide bonds. The van der Waals surface area contributed by atoms with E-state index in [0.29, 0.717) is 11.8 Å². The van der Waals surface area contributed by atoms with Gasteiger partial charge in [-0.05, 0) is 58.8 Å². The van der Waals surface area contributed by atoms with Crippen LogP contribution in [0.3, 0.4) is 0 Å². The molecule has 1 saturated carbocycles. The van der Waals surface area contributed by atoms with Crippen LogP contribution >= 0.6 is 11.8 Å². The number of carbonyl (C=O) groups is 1. The van der Waals surface area contributed by atoms with Crippen molar-refractivity contribution in [3.63, 3.8) is 0 Å². The van der Waals surface area contributed by atoms with E-state index in [1.807, 2.05) is 18.2 Å². The molecule has 1 aliphatic carbocycles. The molecule has 0 aromatic heterocycles. The minimum absolute atomic E-state index is 0.134. The highest BCUT2D eigenvalue weighted by Crippen LogP contribution is 2.47. The van der Waals surface area contributed by atoms with Crippen LogP contribution in [0, 0.1) is 0 Å². The topological polar surface area (TPSA) is 32.8 Å². The Balaban J connectivity index is 1.56. The lowest BCUT2D eigenvalue weighted by molar-refractivity contribution is -0.128. The Morgan fingerprint density at radius 1 is 1.21 bits per heavy atom. The fraction of sp³-hybridized carbons (Fsp3) is 0.632. The summed E-state index contributed by atoms with van der Waals surface area (Å²) in [6.07, 6.45) is 5.77. The van der Waals surface area contributed by atoms with Gasteiger partial charge in [0.15, 0.2) is 0 Å². The van der Waals surface area contributed by atoms with Crippen LogP contribution in [0.25, 0.3) is 0 Å². The Morgan fingerprint density at radius 2 is 2.00 bits per heavy atom. The molecule has 24 heavy (non-hydrogen) atoms. The first kappa shape index (κ1) is 17.6. The zero-order valence-corrected chi connectivity index (χ0v) is 15.6. The number of amides is 1. The summed E-state index contributed by atoms with van der Waals surface area (Å²) in [5, 5.41) is 0.134. The van der Waals surface area contributed by atoms with Crippen LogP contribution < -0.4 is 4.74 Å². The minimum atomic E-state index is 0.134. The third-order valence-corrected chi connectivity index (χ3v) is 5.75. The fourth-order valence-corrected chi connectivity index (χ4v) is 4.40. The number of benzene rings is 1. The van der Waals surface area contributed by atoms with E-state index in [0.717, 1.165) is 43.7 Å². The molecule has 1 unspecified atom stereocenters. The monoisotopic (exact) mass is 348 g/mol. The van der Waals surface area contributed by atoms with Gasteiger partial charge in [0.1, 0.15) is 11.1 Å². The van der Waals surface area contributed by atoms with Crippen molar-refractivity contribution in [2.45, 2.75) is 43.5 Å². The van der Waals surface area contributed by atoms with Gasteiger partial charge in [0.2, 0.25) is 5.91 Å². The molecule has 0 radical (unpaired) electrons. The van der Waals surface area contributed by atoms with Gasteiger partial charge >= 0.3 is 0 Å². The lowest BCUT2D eigenvalue weighted by atomic mass is 10.1. The van der Waals surface area contributed by atoms with Crippen LogP contribution in [0.1, 0.15) is 43.0 Å². The number of hydrogen-bond donors (Lipinski definition) is 0. The lowest BCUT2D eigenvalue weighted by Crippen LogP contribution is -2.30. The maximum absolute atomic E-state index is 12.2. The van der Waals surface area contributed by atoms with E-state index >= 15 is 0 Å². The molecule has 3 rings (SSSR count). The second-order valence-electron chi connectivity index (χ2n) is 6.95. The van der Waals surface area contributed by atoms with Crippen LogP contribution in [-0.2, 0) is 4.79 Å². The van der Waals surface area contributed by atoms with Crippen LogP contribution in [0.4, 0.5) is 0 Å². The number of nitrogens with zero attached hydrogens (tertiary/aromatic N) is 2. The summed E-state index contributed by atoms with van der Waals surface area (Å²) in [4.78, 5) is 16.5. The molecule has 0 N–H and O–H groups in total. The maximum atomic E-state index is 12.2. The Kier molecular flexibility index (Phi) is 6.06. The largest absolute Gasteiger partial charge is 0.493 e. The second-order valence-corrected chi connectivity index (χ2v) is 8.01. The first-order valence-electron chi connectivity index (χ1n) is 8.96. The van der Waals surface area contributed by atoms with Gasteiger partial charge in [-0.1, -0.05) is 18.2 Å². The first-order chi connectivity index (χ1) is 11.7. The average molecular weight is 349 g/mol. The average Bonchev–Trinajstić information content (AvgIpc) is 3.33. The molecule has 1 aromatic rings. The quantitative estimate of drug-likeness (QED) is 0.639. The van der Waals surface area contributed by atoms with Crippen LogP contribution in [0.2, 0.25) is 0 Å². The second kappa shape index (κ2) is 8.26. The van der Waals surface area contributed by atoms with Crippen LogP contribution in [0.5, 0.6) is 5.75 Å². The van der Waals surface area contributed by atoms with Crippen molar-refractivity contribution in [3.05, 3.63) is 29.8 Å². The predicted molar refractivity (Wildman–Crippen MR) is 99.4 cm³/mol. The molecule has 0 spiro atoms. The number of hydrogen-bond acceptors (Lipinski definition) is 4. The van der Waals surface area contributed by atoms with Crippen molar-refractivity contribution < 1.29 is 9.53 Å². The molecule has 0 bridgehead atoms. The first-order valence-corrected chi connectivity index (χ1v) is 10.0. The number of ether oxygens (including phenoxy) is 1. The van der Waals surface area contributed by atoms with E-state index in [2.05, 4.69) is 30.0 Å². The zero-order valence-electron chi connectivity index (χ0n) is 14.7.